The highest BCUT2D eigenvalue weighted by molar-refractivity contribution is 7.19. The zero-order valence-electron chi connectivity index (χ0n) is 12.3. The molecule has 3 heterocycles. The number of aromatic carboxylic acids is 1. The van der Waals surface area contributed by atoms with Gasteiger partial charge in [0, 0.05) is 6.07 Å². The molecule has 120 valence electrons. The van der Waals surface area contributed by atoms with Gasteiger partial charge in [-0.1, -0.05) is 30.1 Å². The Hall–Kier alpha value is -2.12. The van der Waals surface area contributed by atoms with Gasteiger partial charge in [0.15, 0.2) is 5.76 Å². The van der Waals surface area contributed by atoms with Crippen LogP contribution in [0.1, 0.15) is 35.2 Å². The number of thiophene rings is 1. The average Bonchev–Trinajstić information content (AvgIpc) is 3.20. The monoisotopic (exact) mass is 351 g/mol. The molecule has 0 spiro atoms. The van der Waals surface area contributed by atoms with Gasteiger partial charge in [-0.05, 0) is 24.6 Å². The second-order valence-corrected chi connectivity index (χ2v) is 6.74. The second kappa shape index (κ2) is 6.55. The molecule has 0 atom stereocenters. The molecule has 0 radical (unpaired) electrons. The predicted octanol–water partition coefficient (Wildman–Crippen LogP) is 3.95. The molecule has 6 nitrogen and oxygen atoms in total. The smallest absolute Gasteiger partial charge is 0.354 e. The molecule has 1 N–H and O–H groups in total. The van der Waals surface area contributed by atoms with Crippen LogP contribution in [0, 0.1) is 0 Å². The lowest BCUT2D eigenvalue weighted by Gasteiger charge is -2.00. The Labute approximate surface area is 141 Å². The van der Waals surface area contributed by atoms with Crippen molar-refractivity contribution in [3.05, 3.63) is 45.7 Å². The van der Waals surface area contributed by atoms with Crippen LogP contribution in [0.2, 0.25) is 4.34 Å². The van der Waals surface area contributed by atoms with Crippen LogP contribution in [0.25, 0.3) is 10.6 Å². The van der Waals surface area contributed by atoms with Crippen LogP contribution >= 0.6 is 22.9 Å². The van der Waals surface area contributed by atoms with Crippen LogP contribution in [-0.2, 0) is 13.0 Å². The van der Waals surface area contributed by atoms with Crippen molar-refractivity contribution in [2.75, 3.05) is 0 Å². The molecular weight excluding hydrogens is 338 g/mol. The highest BCUT2D eigenvalue weighted by Crippen LogP contribution is 2.31. The first kappa shape index (κ1) is 15.8. The van der Waals surface area contributed by atoms with Gasteiger partial charge in [0.2, 0.25) is 0 Å². The lowest BCUT2D eigenvalue weighted by Crippen LogP contribution is -2.11. The Kier molecular flexibility index (Phi) is 4.49. The molecule has 0 unspecified atom stereocenters. The van der Waals surface area contributed by atoms with Crippen molar-refractivity contribution in [2.24, 2.45) is 0 Å². The van der Waals surface area contributed by atoms with E-state index >= 15 is 0 Å². The van der Waals surface area contributed by atoms with E-state index in [0.717, 1.165) is 23.4 Å². The molecule has 0 amide bonds. The number of nitrogens with zero attached hydrogens (tertiary/aromatic N) is 3. The molecule has 0 fully saturated rings. The standard InChI is InChI=1S/C15H14ClN3O3S/c1-2-3-9-6-11(15(20)21)19(17-9)8-10-7-12(22-18-10)13-4-5-14(16)23-13/h4-7H,2-3,8H2,1H3,(H,20,21). The Bertz CT molecular complexity index is 837. The van der Waals surface area contributed by atoms with Crippen molar-refractivity contribution in [3.8, 4) is 10.6 Å². The van der Waals surface area contributed by atoms with Gasteiger partial charge in [-0.3, -0.25) is 4.68 Å². The van der Waals surface area contributed by atoms with Crippen LogP contribution in [-0.4, -0.2) is 26.0 Å². The summed E-state index contributed by atoms with van der Waals surface area (Å²) in [6.45, 7) is 2.27. The first-order valence-corrected chi connectivity index (χ1v) is 8.27. The molecule has 3 rings (SSSR count). The van der Waals surface area contributed by atoms with E-state index in [-0.39, 0.29) is 12.2 Å². The maximum absolute atomic E-state index is 11.3. The lowest BCUT2D eigenvalue weighted by molar-refractivity contribution is 0.0684. The Morgan fingerprint density at radius 3 is 2.87 bits per heavy atom. The molecule has 3 aromatic rings. The summed E-state index contributed by atoms with van der Waals surface area (Å²) in [6, 6.07) is 7.02. The van der Waals surface area contributed by atoms with E-state index in [1.807, 2.05) is 13.0 Å². The number of hydrogen-bond donors (Lipinski definition) is 1. The minimum Gasteiger partial charge on any atom is -0.477 e. The first-order valence-electron chi connectivity index (χ1n) is 7.08. The van der Waals surface area contributed by atoms with Gasteiger partial charge in [-0.25, -0.2) is 4.79 Å². The summed E-state index contributed by atoms with van der Waals surface area (Å²) in [6.07, 6.45) is 1.65. The van der Waals surface area contributed by atoms with Crippen molar-refractivity contribution in [1.82, 2.24) is 14.9 Å². The third-order valence-corrected chi connectivity index (χ3v) is 4.49. The van der Waals surface area contributed by atoms with Crippen LogP contribution in [0.5, 0.6) is 0 Å². The zero-order chi connectivity index (χ0) is 16.4. The third-order valence-electron chi connectivity index (χ3n) is 3.24. The van der Waals surface area contributed by atoms with E-state index in [1.54, 1.807) is 18.2 Å². The topological polar surface area (TPSA) is 81.1 Å². The quantitative estimate of drug-likeness (QED) is 0.727. The second-order valence-electron chi connectivity index (χ2n) is 5.02. The Balaban J connectivity index is 1.84. The summed E-state index contributed by atoms with van der Waals surface area (Å²) in [5.41, 5.74) is 1.52. The van der Waals surface area contributed by atoms with Gasteiger partial charge in [0.25, 0.3) is 0 Å². The number of rotatable bonds is 6. The van der Waals surface area contributed by atoms with Gasteiger partial charge in [0.1, 0.15) is 11.4 Å². The molecule has 8 heteroatoms. The molecule has 0 bridgehead atoms. The average molecular weight is 352 g/mol. The van der Waals surface area contributed by atoms with Crippen LogP contribution in [0.4, 0.5) is 0 Å². The number of hydrogen-bond acceptors (Lipinski definition) is 5. The van der Waals surface area contributed by atoms with Crippen molar-refractivity contribution < 1.29 is 14.4 Å². The normalized spacial score (nSPS) is 11.0. The summed E-state index contributed by atoms with van der Waals surface area (Å²) in [5.74, 6) is -0.400. The molecule has 0 aliphatic carbocycles. The summed E-state index contributed by atoms with van der Waals surface area (Å²) >= 11 is 7.31. The Morgan fingerprint density at radius 2 is 2.22 bits per heavy atom. The summed E-state index contributed by atoms with van der Waals surface area (Å²) < 4.78 is 7.41. The van der Waals surface area contributed by atoms with Gasteiger partial charge in [0.05, 0.1) is 21.5 Å². The molecular formula is C15H14ClN3O3S. The lowest BCUT2D eigenvalue weighted by atomic mass is 10.2. The minimum absolute atomic E-state index is 0.150. The highest BCUT2D eigenvalue weighted by Gasteiger charge is 2.16. The molecule has 0 aliphatic rings. The predicted molar refractivity (Wildman–Crippen MR) is 87.1 cm³/mol. The molecule has 23 heavy (non-hydrogen) atoms. The molecule has 0 saturated heterocycles. The summed E-state index contributed by atoms with van der Waals surface area (Å²) in [7, 11) is 0. The summed E-state index contributed by atoms with van der Waals surface area (Å²) in [4.78, 5) is 12.2. The fourth-order valence-electron chi connectivity index (χ4n) is 2.24. The molecule has 0 aromatic carbocycles. The van der Waals surface area contributed by atoms with Crippen molar-refractivity contribution in [3.63, 3.8) is 0 Å². The highest BCUT2D eigenvalue weighted by atomic mass is 35.5. The van der Waals surface area contributed by atoms with E-state index in [4.69, 9.17) is 16.1 Å². The number of carboxylic acids is 1. The van der Waals surface area contributed by atoms with Crippen molar-refractivity contribution in [1.29, 1.82) is 0 Å². The number of carboxylic acid groups (broad SMARTS) is 1. The number of halogens is 1. The fraction of sp³-hybridized carbons (Fsp3) is 0.267. The Morgan fingerprint density at radius 1 is 1.39 bits per heavy atom. The molecule has 3 aromatic heterocycles. The maximum atomic E-state index is 11.3. The fourth-order valence-corrected chi connectivity index (χ4v) is 3.24. The SMILES string of the molecule is CCCc1cc(C(=O)O)n(Cc2cc(-c3ccc(Cl)s3)on2)n1. The number of aromatic nitrogens is 3. The van der Waals surface area contributed by atoms with Crippen molar-refractivity contribution >= 4 is 28.9 Å². The van der Waals surface area contributed by atoms with E-state index in [9.17, 15) is 9.90 Å². The maximum Gasteiger partial charge on any atom is 0.354 e. The molecule has 0 saturated carbocycles. The summed E-state index contributed by atoms with van der Waals surface area (Å²) in [5, 5.41) is 17.6. The van der Waals surface area contributed by atoms with Crippen LogP contribution < -0.4 is 0 Å². The van der Waals surface area contributed by atoms with Gasteiger partial charge < -0.3 is 9.63 Å². The van der Waals surface area contributed by atoms with E-state index < -0.39 is 5.97 Å². The first-order chi connectivity index (χ1) is 11.1. The van der Waals surface area contributed by atoms with E-state index in [1.165, 1.54) is 16.0 Å². The van der Waals surface area contributed by atoms with Gasteiger partial charge in [-0.15, -0.1) is 11.3 Å². The van der Waals surface area contributed by atoms with E-state index in [2.05, 4.69) is 10.3 Å². The third kappa shape index (κ3) is 3.46. The van der Waals surface area contributed by atoms with Gasteiger partial charge in [-0.2, -0.15) is 5.10 Å². The zero-order valence-corrected chi connectivity index (χ0v) is 13.9. The number of carbonyl (C=O) groups is 1. The number of aryl methyl sites for hydroxylation is 1. The minimum atomic E-state index is -1.01. The van der Waals surface area contributed by atoms with Crippen LogP contribution in [0.15, 0.2) is 28.8 Å². The van der Waals surface area contributed by atoms with Gasteiger partial charge >= 0.3 is 5.97 Å². The molecule has 0 aliphatic heterocycles. The van der Waals surface area contributed by atoms with Crippen LogP contribution in [0.3, 0.4) is 0 Å². The van der Waals surface area contributed by atoms with E-state index in [0.29, 0.717) is 15.8 Å². The largest absolute Gasteiger partial charge is 0.477 e. The van der Waals surface area contributed by atoms with Crippen molar-refractivity contribution in [2.45, 2.75) is 26.3 Å².